The fraction of sp³-hybridized carbons (Fsp3) is 0.250. The minimum absolute atomic E-state index is 0.292. The third kappa shape index (κ3) is 3.78. The number of halogens is 1. The molecule has 0 unspecified atom stereocenters. The van der Waals surface area contributed by atoms with Gasteiger partial charge in [0.15, 0.2) is 0 Å². The lowest BCUT2D eigenvalue weighted by Crippen LogP contribution is -2.15. The van der Waals surface area contributed by atoms with Gasteiger partial charge in [-0.2, -0.15) is 0 Å². The summed E-state index contributed by atoms with van der Waals surface area (Å²) in [5.41, 5.74) is 2.03. The molecule has 5 heteroatoms. The first kappa shape index (κ1) is 15.0. The summed E-state index contributed by atoms with van der Waals surface area (Å²) in [5, 5.41) is 5.85. The molecule has 0 saturated heterocycles. The van der Waals surface area contributed by atoms with Crippen molar-refractivity contribution in [3.8, 4) is 0 Å². The van der Waals surface area contributed by atoms with Crippen LogP contribution in [0.5, 0.6) is 0 Å². The largest absolute Gasteiger partial charge is 0.384 e. The predicted molar refractivity (Wildman–Crippen MR) is 82.1 cm³/mol. The number of aromatic nitrogens is 1. The lowest BCUT2D eigenvalue weighted by Gasteiger charge is -2.09. The Morgan fingerprint density at radius 1 is 1.29 bits per heavy atom. The van der Waals surface area contributed by atoms with Crippen LogP contribution in [0.4, 0.5) is 15.8 Å². The van der Waals surface area contributed by atoms with Crippen molar-refractivity contribution in [3.63, 3.8) is 0 Å². The van der Waals surface area contributed by atoms with Crippen LogP contribution in [-0.2, 0) is 0 Å². The second kappa shape index (κ2) is 6.83. The molecule has 0 bridgehead atoms. The molecule has 2 rings (SSSR count). The van der Waals surface area contributed by atoms with Crippen LogP contribution in [0.3, 0.4) is 0 Å². The van der Waals surface area contributed by atoms with Crippen molar-refractivity contribution < 1.29 is 9.18 Å². The molecule has 0 aliphatic carbocycles. The molecule has 21 heavy (non-hydrogen) atoms. The van der Waals surface area contributed by atoms with Crippen LogP contribution < -0.4 is 10.6 Å². The van der Waals surface area contributed by atoms with Gasteiger partial charge in [0.25, 0.3) is 5.91 Å². The number of rotatable bonds is 5. The van der Waals surface area contributed by atoms with Crippen LogP contribution in [0.1, 0.15) is 29.4 Å². The molecule has 1 amide bonds. The summed E-state index contributed by atoms with van der Waals surface area (Å²) in [6.07, 6.45) is 2.63. The summed E-state index contributed by atoms with van der Waals surface area (Å²) >= 11 is 0. The highest BCUT2D eigenvalue weighted by Gasteiger charge is 2.10. The first-order valence-electron chi connectivity index (χ1n) is 6.88. The zero-order valence-corrected chi connectivity index (χ0v) is 12.1. The Bertz CT molecular complexity index is 626. The topological polar surface area (TPSA) is 54.0 Å². The van der Waals surface area contributed by atoms with Gasteiger partial charge in [-0.15, -0.1) is 0 Å². The Balaban J connectivity index is 2.08. The van der Waals surface area contributed by atoms with Crippen molar-refractivity contribution >= 4 is 17.3 Å². The fourth-order valence-electron chi connectivity index (χ4n) is 1.83. The molecule has 0 saturated carbocycles. The fourth-order valence-corrected chi connectivity index (χ4v) is 1.83. The Labute approximate surface area is 123 Å². The number of hydrogen-bond donors (Lipinski definition) is 2. The summed E-state index contributed by atoms with van der Waals surface area (Å²) < 4.78 is 13.4. The van der Waals surface area contributed by atoms with Crippen molar-refractivity contribution in [1.29, 1.82) is 0 Å². The molecule has 0 fully saturated rings. The van der Waals surface area contributed by atoms with Crippen molar-refractivity contribution in [2.75, 3.05) is 17.2 Å². The molecule has 0 radical (unpaired) electrons. The zero-order valence-electron chi connectivity index (χ0n) is 12.1. The monoisotopic (exact) mass is 287 g/mol. The van der Waals surface area contributed by atoms with E-state index in [0.717, 1.165) is 18.7 Å². The molecule has 4 nitrogen and oxygen atoms in total. The molecular weight excluding hydrogens is 269 g/mol. The number of nitrogens with one attached hydrogen (secondary N) is 2. The van der Waals surface area contributed by atoms with E-state index >= 15 is 0 Å². The molecule has 0 spiro atoms. The molecule has 110 valence electrons. The van der Waals surface area contributed by atoms with E-state index in [2.05, 4.69) is 22.5 Å². The van der Waals surface area contributed by atoms with Crippen LogP contribution in [-0.4, -0.2) is 17.4 Å². The van der Waals surface area contributed by atoms with Gasteiger partial charge >= 0.3 is 0 Å². The summed E-state index contributed by atoms with van der Waals surface area (Å²) in [6.45, 7) is 4.55. The molecule has 1 aromatic heterocycles. The van der Waals surface area contributed by atoms with Gasteiger partial charge < -0.3 is 10.6 Å². The van der Waals surface area contributed by atoms with E-state index in [4.69, 9.17) is 0 Å². The van der Waals surface area contributed by atoms with Gasteiger partial charge in [-0.3, -0.25) is 4.79 Å². The molecule has 2 aromatic rings. The number of pyridine rings is 1. The van der Waals surface area contributed by atoms with Crippen molar-refractivity contribution in [1.82, 2.24) is 4.98 Å². The maximum Gasteiger partial charge on any atom is 0.274 e. The number of carbonyl (C=O) groups is 1. The Kier molecular flexibility index (Phi) is 4.87. The first-order valence-corrected chi connectivity index (χ1v) is 6.88. The van der Waals surface area contributed by atoms with Crippen molar-refractivity contribution in [3.05, 3.63) is 53.6 Å². The van der Waals surface area contributed by atoms with E-state index in [0.29, 0.717) is 16.9 Å². The van der Waals surface area contributed by atoms with Gasteiger partial charge in [0.1, 0.15) is 11.5 Å². The van der Waals surface area contributed by atoms with Gasteiger partial charge in [-0.05, 0) is 37.6 Å². The summed E-state index contributed by atoms with van der Waals surface area (Å²) in [5.74, 6) is -0.703. The first-order chi connectivity index (χ1) is 10.1. The Morgan fingerprint density at radius 3 is 2.76 bits per heavy atom. The maximum absolute atomic E-state index is 13.4. The normalized spacial score (nSPS) is 10.2. The smallest absolute Gasteiger partial charge is 0.274 e. The third-order valence-electron chi connectivity index (χ3n) is 3.09. The highest BCUT2D eigenvalue weighted by Crippen LogP contribution is 2.18. The second-order valence-corrected chi connectivity index (χ2v) is 4.73. The van der Waals surface area contributed by atoms with Gasteiger partial charge in [-0.25, -0.2) is 9.37 Å². The highest BCUT2D eigenvalue weighted by molar-refractivity contribution is 6.03. The minimum atomic E-state index is -0.356. The van der Waals surface area contributed by atoms with Gasteiger partial charge in [0.05, 0.1) is 11.9 Å². The highest BCUT2D eigenvalue weighted by atomic mass is 19.1. The number of nitrogens with zero attached hydrogens (tertiary/aromatic N) is 1. The van der Waals surface area contributed by atoms with Crippen LogP contribution in [0.15, 0.2) is 36.5 Å². The number of carbonyl (C=O) groups excluding carboxylic acids is 1. The van der Waals surface area contributed by atoms with E-state index in [9.17, 15) is 9.18 Å². The number of amides is 1. The van der Waals surface area contributed by atoms with E-state index in [1.54, 1.807) is 37.4 Å². The van der Waals surface area contributed by atoms with E-state index in [-0.39, 0.29) is 11.7 Å². The van der Waals surface area contributed by atoms with E-state index in [1.807, 2.05) is 0 Å². The van der Waals surface area contributed by atoms with Crippen LogP contribution in [0.2, 0.25) is 0 Å². The quantitative estimate of drug-likeness (QED) is 0.883. The van der Waals surface area contributed by atoms with Crippen molar-refractivity contribution in [2.45, 2.75) is 20.3 Å². The zero-order chi connectivity index (χ0) is 15.2. The molecule has 0 atom stereocenters. The standard InChI is InChI=1S/C16H18FN3O/c1-3-9-18-12-7-8-15(19-10-12)16(21)20-14-6-4-5-13(17)11(14)2/h4-8,10,18H,3,9H2,1-2H3,(H,20,21). The molecule has 0 aliphatic rings. The predicted octanol–water partition coefficient (Wildman–Crippen LogP) is 3.60. The SMILES string of the molecule is CCCNc1ccc(C(=O)Nc2cccc(F)c2C)nc1. The molecule has 2 N–H and O–H groups in total. The van der Waals surface area contributed by atoms with Crippen LogP contribution in [0, 0.1) is 12.7 Å². The van der Waals surface area contributed by atoms with Crippen LogP contribution in [0.25, 0.3) is 0 Å². The van der Waals surface area contributed by atoms with Gasteiger partial charge in [-0.1, -0.05) is 13.0 Å². The average molecular weight is 287 g/mol. The van der Waals surface area contributed by atoms with Crippen LogP contribution >= 0.6 is 0 Å². The number of benzene rings is 1. The van der Waals surface area contributed by atoms with Gasteiger partial charge in [0, 0.05) is 17.8 Å². The molecule has 1 heterocycles. The van der Waals surface area contributed by atoms with E-state index in [1.165, 1.54) is 6.07 Å². The summed E-state index contributed by atoms with van der Waals surface area (Å²) in [7, 11) is 0. The summed E-state index contributed by atoms with van der Waals surface area (Å²) in [6, 6.07) is 8.02. The average Bonchev–Trinajstić information content (AvgIpc) is 2.50. The van der Waals surface area contributed by atoms with Gasteiger partial charge in [0.2, 0.25) is 0 Å². The molecule has 0 aliphatic heterocycles. The summed E-state index contributed by atoms with van der Waals surface area (Å²) in [4.78, 5) is 16.2. The third-order valence-corrected chi connectivity index (χ3v) is 3.09. The minimum Gasteiger partial charge on any atom is -0.384 e. The Morgan fingerprint density at radius 2 is 2.10 bits per heavy atom. The molecule has 1 aromatic carbocycles. The Hall–Kier alpha value is -2.43. The van der Waals surface area contributed by atoms with E-state index < -0.39 is 0 Å². The maximum atomic E-state index is 13.4. The number of hydrogen-bond acceptors (Lipinski definition) is 3. The lowest BCUT2D eigenvalue weighted by molar-refractivity contribution is 0.102. The lowest BCUT2D eigenvalue weighted by atomic mass is 10.2. The second-order valence-electron chi connectivity index (χ2n) is 4.73. The van der Waals surface area contributed by atoms with Crippen molar-refractivity contribution in [2.24, 2.45) is 0 Å². The number of anilines is 2. The molecular formula is C16H18FN3O.